The van der Waals surface area contributed by atoms with Crippen molar-refractivity contribution in [3.05, 3.63) is 24.3 Å². The van der Waals surface area contributed by atoms with Gasteiger partial charge in [-0.2, -0.15) is 0 Å². The summed E-state index contributed by atoms with van der Waals surface area (Å²) in [5, 5.41) is 11.6. The summed E-state index contributed by atoms with van der Waals surface area (Å²) < 4.78 is 0. The summed E-state index contributed by atoms with van der Waals surface area (Å²) in [4.78, 5) is 22.1. The molecule has 0 spiro atoms. The number of hydrogen-bond acceptors (Lipinski definition) is 2. The van der Waals surface area contributed by atoms with Crippen molar-refractivity contribution in [1.82, 2.24) is 5.32 Å². The molecule has 0 aromatic heterocycles. The van der Waals surface area contributed by atoms with Crippen molar-refractivity contribution >= 4 is 11.9 Å². The number of nitrogens with one attached hydrogen (secondary N) is 1. The lowest BCUT2D eigenvalue weighted by molar-refractivity contribution is -0.141. The highest BCUT2D eigenvalue weighted by molar-refractivity contribution is 5.88. The SMILES string of the molecule is C/C=C/C=C/C(=O)NC1CCC(C(=O)O)C1. The van der Waals surface area contributed by atoms with Gasteiger partial charge in [-0.05, 0) is 26.2 Å². The van der Waals surface area contributed by atoms with Crippen LogP contribution >= 0.6 is 0 Å². The lowest BCUT2D eigenvalue weighted by Crippen LogP contribution is -2.31. The number of carbonyl (C=O) groups excluding carboxylic acids is 1. The predicted molar refractivity (Wildman–Crippen MR) is 60.9 cm³/mol. The molecular formula is C12H17NO3. The molecular weight excluding hydrogens is 206 g/mol. The Balaban J connectivity index is 2.34. The summed E-state index contributed by atoms with van der Waals surface area (Å²) >= 11 is 0. The summed E-state index contributed by atoms with van der Waals surface area (Å²) in [5.74, 6) is -1.22. The lowest BCUT2D eigenvalue weighted by Gasteiger charge is -2.09. The van der Waals surface area contributed by atoms with E-state index in [1.165, 1.54) is 6.08 Å². The van der Waals surface area contributed by atoms with Gasteiger partial charge in [0, 0.05) is 12.1 Å². The highest BCUT2D eigenvalue weighted by atomic mass is 16.4. The Morgan fingerprint density at radius 3 is 2.62 bits per heavy atom. The minimum Gasteiger partial charge on any atom is -0.481 e. The summed E-state index contributed by atoms with van der Waals surface area (Å²) in [6.07, 6.45) is 8.67. The molecule has 4 heteroatoms. The van der Waals surface area contributed by atoms with Gasteiger partial charge in [0.25, 0.3) is 0 Å². The molecule has 0 heterocycles. The van der Waals surface area contributed by atoms with Gasteiger partial charge in [-0.3, -0.25) is 9.59 Å². The number of amides is 1. The average molecular weight is 223 g/mol. The molecule has 0 aromatic carbocycles. The van der Waals surface area contributed by atoms with Gasteiger partial charge in [0.1, 0.15) is 0 Å². The highest BCUT2D eigenvalue weighted by Gasteiger charge is 2.29. The molecule has 2 unspecified atom stereocenters. The Morgan fingerprint density at radius 2 is 2.06 bits per heavy atom. The molecule has 4 nitrogen and oxygen atoms in total. The van der Waals surface area contributed by atoms with Gasteiger partial charge in [-0.25, -0.2) is 0 Å². The van der Waals surface area contributed by atoms with Crippen LogP contribution < -0.4 is 5.32 Å². The molecule has 1 rings (SSSR count). The summed E-state index contributed by atoms with van der Waals surface area (Å²) in [6, 6.07) is 0.00357. The molecule has 1 aliphatic carbocycles. The van der Waals surface area contributed by atoms with Crippen LogP contribution in [0.1, 0.15) is 26.2 Å². The molecule has 1 fully saturated rings. The van der Waals surface area contributed by atoms with E-state index in [1.807, 2.05) is 13.0 Å². The standard InChI is InChI=1S/C12H17NO3/c1-2-3-4-5-11(14)13-10-7-6-9(8-10)12(15)16/h2-5,9-10H,6-8H2,1H3,(H,13,14)(H,15,16)/b3-2+,5-4+. The normalized spacial score (nSPS) is 25.3. The zero-order chi connectivity index (χ0) is 12.0. The number of allylic oxidation sites excluding steroid dienone is 3. The third-order valence-electron chi connectivity index (χ3n) is 2.68. The van der Waals surface area contributed by atoms with Crippen LogP contribution in [0.4, 0.5) is 0 Å². The van der Waals surface area contributed by atoms with Gasteiger partial charge in [-0.15, -0.1) is 0 Å². The molecule has 0 aliphatic heterocycles. The van der Waals surface area contributed by atoms with E-state index in [4.69, 9.17) is 5.11 Å². The smallest absolute Gasteiger partial charge is 0.306 e. The number of carboxylic acids is 1. The molecule has 2 N–H and O–H groups in total. The van der Waals surface area contributed by atoms with Gasteiger partial charge >= 0.3 is 5.97 Å². The molecule has 16 heavy (non-hydrogen) atoms. The largest absolute Gasteiger partial charge is 0.481 e. The van der Waals surface area contributed by atoms with E-state index in [0.29, 0.717) is 12.8 Å². The number of hydrogen-bond donors (Lipinski definition) is 2. The van der Waals surface area contributed by atoms with Crippen LogP contribution in [-0.2, 0) is 9.59 Å². The van der Waals surface area contributed by atoms with Crippen molar-refractivity contribution in [2.75, 3.05) is 0 Å². The second kappa shape index (κ2) is 6.10. The van der Waals surface area contributed by atoms with E-state index in [2.05, 4.69) is 5.32 Å². The number of carboxylic acid groups (broad SMARTS) is 1. The third-order valence-corrected chi connectivity index (χ3v) is 2.68. The monoisotopic (exact) mass is 223 g/mol. The topological polar surface area (TPSA) is 66.4 Å². The zero-order valence-corrected chi connectivity index (χ0v) is 9.35. The van der Waals surface area contributed by atoms with Crippen LogP contribution in [0.15, 0.2) is 24.3 Å². The Kier molecular flexibility index (Phi) is 4.76. The third kappa shape index (κ3) is 3.88. The molecule has 0 radical (unpaired) electrons. The van der Waals surface area contributed by atoms with Gasteiger partial charge < -0.3 is 10.4 Å². The van der Waals surface area contributed by atoms with Crippen LogP contribution in [0.25, 0.3) is 0 Å². The Morgan fingerprint density at radius 1 is 1.31 bits per heavy atom. The van der Waals surface area contributed by atoms with Crippen LogP contribution in [0.2, 0.25) is 0 Å². The quantitative estimate of drug-likeness (QED) is 0.560. The van der Waals surface area contributed by atoms with Crippen molar-refractivity contribution in [2.24, 2.45) is 5.92 Å². The zero-order valence-electron chi connectivity index (χ0n) is 9.35. The molecule has 1 amide bonds. The van der Waals surface area contributed by atoms with E-state index < -0.39 is 5.97 Å². The fourth-order valence-corrected chi connectivity index (χ4v) is 1.84. The second-order valence-electron chi connectivity index (χ2n) is 3.94. The molecule has 0 saturated heterocycles. The van der Waals surface area contributed by atoms with Crippen molar-refractivity contribution < 1.29 is 14.7 Å². The van der Waals surface area contributed by atoms with E-state index in [0.717, 1.165) is 6.42 Å². The van der Waals surface area contributed by atoms with E-state index in [1.54, 1.807) is 12.2 Å². The molecule has 1 aliphatic rings. The van der Waals surface area contributed by atoms with Gasteiger partial charge in [-0.1, -0.05) is 18.2 Å². The first-order valence-corrected chi connectivity index (χ1v) is 5.46. The minimum atomic E-state index is -0.763. The maximum Gasteiger partial charge on any atom is 0.306 e. The molecule has 2 atom stereocenters. The van der Waals surface area contributed by atoms with E-state index in [9.17, 15) is 9.59 Å². The summed E-state index contributed by atoms with van der Waals surface area (Å²) in [5.41, 5.74) is 0. The lowest BCUT2D eigenvalue weighted by atomic mass is 10.1. The van der Waals surface area contributed by atoms with E-state index in [-0.39, 0.29) is 17.9 Å². The minimum absolute atomic E-state index is 0.00357. The fourth-order valence-electron chi connectivity index (χ4n) is 1.84. The first-order valence-electron chi connectivity index (χ1n) is 5.46. The number of carbonyl (C=O) groups is 2. The Hall–Kier alpha value is -1.58. The molecule has 1 saturated carbocycles. The van der Waals surface area contributed by atoms with Crippen molar-refractivity contribution in [3.8, 4) is 0 Å². The molecule has 0 bridgehead atoms. The van der Waals surface area contributed by atoms with Gasteiger partial charge in [0.15, 0.2) is 0 Å². The Bertz CT molecular complexity index is 320. The Labute approximate surface area is 95.0 Å². The second-order valence-corrected chi connectivity index (χ2v) is 3.94. The maximum atomic E-state index is 11.4. The van der Waals surface area contributed by atoms with Crippen LogP contribution in [0, 0.1) is 5.92 Å². The first-order chi connectivity index (χ1) is 7.63. The van der Waals surface area contributed by atoms with Crippen LogP contribution in [-0.4, -0.2) is 23.0 Å². The van der Waals surface area contributed by atoms with Crippen molar-refractivity contribution in [2.45, 2.75) is 32.2 Å². The maximum absolute atomic E-state index is 11.4. The van der Waals surface area contributed by atoms with Crippen LogP contribution in [0.5, 0.6) is 0 Å². The summed E-state index contributed by atoms with van der Waals surface area (Å²) in [7, 11) is 0. The van der Waals surface area contributed by atoms with Gasteiger partial charge in [0.2, 0.25) is 5.91 Å². The predicted octanol–water partition coefficient (Wildman–Crippen LogP) is 1.49. The fraction of sp³-hybridized carbons (Fsp3) is 0.500. The summed E-state index contributed by atoms with van der Waals surface area (Å²) in [6.45, 7) is 1.87. The number of aliphatic carboxylic acids is 1. The highest BCUT2D eigenvalue weighted by Crippen LogP contribution is 2.25. The van der Waals surface area contributed by atoms with Gasteiger partial charge in [0.05, 0.1) is 5.92 Å². The van der Waals surface area contributed by atoms with E-state index >= 15 is 0 Å². The molecule has 0 aromatic rings. The number of rotatable bonds is 4. The van der Waals surface area contributed by atoms with Crippen molar-refractivity contribution in [3.63, 3.8) is 0 Å². The average Bonchev–Trinajstić information content (AvgIpc) is 2.66. The first kappa shape index (κ1) is 12.5. The van der Waals surface area contributed by atoms with Crippen molar-refractivity contribution in [1.29, 1.82) is 0 Å². The van der Waals surface area contributed by atoms with Crippen LogP contribution in [0.3, 0.4) is 0 Å². The molecule has 88 valence electrons.